The van der Waals surface area contributed by atoms with Crippen molar-refractivity contribution in [1.82, 2.24) is 14.8 Å². The van der Waals surface area contributed by atoms with Gasteiger partial charge in [-0.1, -0.05) is 24.3 Å². The number of amides is 2. The van der Waals surface area contributed by atoms with Crippen molar-refractivity contribution in [3.63, 3.8) is 0 Å². The van der Waals surface area contributed by atoms with Gasteiger partial charge < -0.3 is 25.3 Å². The maximum Gasteiger partial charge on any atom is 0.290 e. The number of hydrogen-bond donors (Lipinski definition) is 3. The minimum atomic E-state index is -0.688. The molecule has 0 radical (unpaired) electrons. The molecular weight excluding hydrogens is 428 g/mol. The third kappa shape index (κ3) is 8.60. The lowest BCUT2D eigenvalue weighted by molar-refractivity contribution is -0.139. The van der Waals surface area contributed by atoms with Gasteiger partial charge in [0.2, 0.25) is 11.8 Å². The highest BCUT2D eigenvalue weighted by molar-refractivity contribution is 5.90. The molecule has 0 saturated carbocycles. The van der Waals surface area contributed by atoms with Gasteiger partial charge in [0.1, 0.15) is 5.54 Å². The first-order valence-electron chi connectivity index (χ1n) is 10.2. The molecule has 1 aromatic carbocycles. The number of carbonyl (C=O) groups is 4. The van der Waals surface area contributed by atoms with Crippen LogP contribution < -0.4 is 5.32 Å². The average molecular weight is 459 g/mol. The first-order chi connectivity index (χ1) is 15.8. The molecule has 1 saturated heterocycles. The van der Waals surface area contributed by atoms with Crippen LogP contribution in [0.15, 0.2) is 54.7 Å². The second-order valence-corrected chi connectivity index (χ2v) is 7.36. The van der Waals surface area contributed by atoms with Crippen LogP contribution in [0.2, 0.25) is 0 Å². The van der Waals surface area contributed by atoms with E-state index in [1.165, 1.54) is 0 Å². The predicted molar refractivity (Wildman–Crippen MR) is 123 cm³/mol. The number of benzene rings is 1. The highest BCUT2D eigenvalue weighted by atomic mass is 16.3. The molecular formula is C23H30N4O6. The zero-order valence-corrected chi connectivity index (χ0v) is 18.8. The second-order valence-electron chi connectivity index (χ2n) is 7.36. The maximum absolute atomic E-state index is 12.9. The summed E-state index contributed by atoms with van der Waals surface area (Å²) >= 11 is 0. The highest BCUT2D eigenvalue weighted by Crippen LogP contribution is 2.29. The molecule has 1 aliphatic heterocycles. The molecule has 10 heteroatoms. The zero-order chi connectivity index (χ0) is 24.7. The summed E-state index contributed by atoms with van der Waals surface area (Å²) in [4.78, 5) is 50.0. The Kier molecular flexibility index (Phi) is 11.6. The van der Waals surface area contributed by atoms with Crippen molar-refractivity contribution in [2.45, 2.75) is 24.8 Å². The van der Waals surface area contributed by atoms with E-state index in [0.717, 1.165) is 11.4 Å². The van der Waals surface area contributed by atoms with E-state index in [1.54, 1.807) is 25.2 Å². The van der Waals surface area contributed by atoms with E-state index in [2.05, 4.69) is 10.3 Å². The third-order valence-corrected chi connectivity index (χ3v) is 5.00. The van der Waals surface area contributed by atoms with Gasteiger partial charge in [-0.25, -0.2) is 0 Å². The summed E-state index contributed by atoms with van der Waals surface area (Å²) in [6.45, 7) is 0.593. The molecule has 0 bridgehead atoms. The van der Waals surface area contributed by atoms with E-state index in [4.69, 9.17) is 19.8 Å². The summed E-state index contributed by atoms with van der Waals surface area (Å²) in [5.41, 5.74) is 0.999. The number of para-hydroxylation sites is 1. The lowest BCUT2D eigenvalue weighted by Gasteiger charge is -2.43. The smallest absolute Gasteiger partial charge is 0.290 e. The van der Waals surface area contributed by atoms with E-state index >= 15 is 0 Å². The first kappa shape index (κ1) is 27.1. The average Bonchev–Trinajstić information content (AvgIpc) is 2.81. The van der Waals surface area contributed by atoms with Crippen LogP contribution in [-0.2, 0) is 25.6 Å². The number of piperidine rings is 1. The summed E-state index contributed by atoms with van der Waals surface area (Å²) < 4.78 is 0. The molecule has 0 unspecified atom stereocenters. The van der Waals surface area contributed by atoms with Crippen molar-refractivity contribution in [3.05, 3.63) is 60.4 Å². The predicted octanol–water partition coefficient (Wildman–Crippen LogP) is 1.59. The third-order valence-electron chi connectivity index (χ3n) is 5.00. The van der Waals surface area contributed by atoms with Gasteiger partial charge in [-0.2, -0.15) is 0 Å². The van der Waals surface area contributed by atoms with Crippen molar-refractivity contribution >= 4 is 30.4 Å². The molecule has 3 rings (SSSR count). The van der Waals surface area contributed by atoms with E-state index in [0.29, 0.717) is 32.4 Å². The van der Waals surface area contributed by atoms with Gasteiger partial charge in [0.05, 0.1) is 6.42 Å². The molecule has 0 spiro atoms. The molecule has 33 heavy (non-hydrogen) atoms. The number of likely N-dealkylation sites (tertiary alicyclic amines) is 1. The summed E-state index contributed by atoms with van der Waals surface area (Å²) in [6.07, 6.45) is 3.14. The minimum absolute atomic E-state index is 0.0446. The van der Waals surface area contributed by atoms with Crippen LogP contribution in [0.1, 0.15) is 18.5 Å². The van der Waals surface area contributed by atoms with Gasteiger partial charge in [-0.15, -0.1) is 0 Å². The topological polar surface area (TPSA) is 140 Å². The largest absolute Gasteiger partial charge is 0.483 e. The molecule has 1 fully saturated rings. The number of nitrogens with one attached hydrogen (secondary N) is 1. The Bertz CT molecular complexity index is 863. The van der Waals surface area contributed by atoms with E-state index in [9.17, 15) is 9.59 Å². The Morgan fingerprint density at radius 3 is 2.06 bits per heavy atom. The van der Waals surface area contributed by atoms with Gasteiger partial charge in [0, 0.05) is 44.8 Å². The first-order valence-corrected chi connectivity index (χ1v) is 10.2. The van der Waals surface area contributed by atoms with Crippen molar-refractivity contribution in [1.29, 1.82) is 0 Å². The number of pyridine rings is 1. The molecule has 1 aliphatic rings. The van der Waals surface area contributed by atoms with Crippen molar-refractivity contribution in [3.8, 4) is 0 Å². The fourth-order valence-electron chi connectivity index (χ4n) is 3.53. The van der Waals surface area contributed by atoms with Crippen molar-refractivity contribution in [2.24, 2.45) is 0 Å². The lowest BCUT2D eigenvalue weighted by atomic mass is 9.85. The fourth-order valence-corrected chi connectivity index (χ4v) is 3.53. The second kappa shape index (κ2) is 14.2. The van der Waals surface area contributed by atoms with E-state index in [-0.39, 0.29) is 24.8 Å². The van der Waals surface area contributed by atoms with Crippen LogP contribution in [0.3, 0.4) is 0 Å². The number of aromatic nitrogens is 1. The Morgan fingerprint density at radius 2 is 1.58 bits per heavy atom. The summed E-state index contributed by atoms with van der Waals surface area (Å²) in [5, 5.41) is 17.2. The lowest BCUT2D eigenvalue weighted by Crippen LogP contribution is -2.58. The Hall–Kier alpha value is -3.95. The number of carboxylic acid groups (broad SMARTS) is 2. The SMILES string of the molecule is CN(C)C(=O)C1(Nc2ccccc2)CCN(C(=O)Cc2ccccn2)CC1.O=CO.O=CO. The van der Waals surface area contributed by atoms with Crippen LogP contribution in [0, 0.1) is 0 Å². The number of carbonyl (C=O) groups excluding carboxylic acids is 2. The maximum atomic E-state index is 12.9. The normalized spacial score (nSPS) is 13.7. The molecule has 2 amide bonds. The summed E-state index contributed by atoms with van der Waals surface area (Å²) in [5.74, 6) is 0.0995. The van der Waals surface area contributed by atoms with Gasteiger partial charge in [0.25, 0.3) is 12.9 Å². The highest BCUT2D eigenvalue weighted by Gasteiger charge is 2.43. The Balaban J connectivity index is 0.000000819. The van der Waals surface area contributed by atoms with Gasteiger partial charge in [-0.3, -0.25) is 24.2 Å². The van der Waals surface area contributed by atoms with E-state index in [1.807, 2.05) is 53.4 Å². The fraction of sp³-hybridized carbons (Fsp3) is 0.348. The monoisotopic (exact) mass is 458 g/mol. The number of likely N-dealkylation sites (N-methyl/N-ethyl adjacent to an activating group) is 1. The van der Waals surface area contributed by atoms with Crippen LogP contribution >= 0.6 is 0 Å². The summed E-state index contributed by atoms with van der Waals surface area (Å²) in [7, 11) is 3.55. The van der Waals surface area contributed by atoms with Crippen molar-refractivity contribution in [2.75, 3.05) is 32.5 Å². The van der Waals surface area contributed by atoms with Gasteiger partial charge in [0.15, 0.2) is 0 Å². The van der Waals surface area contributed by atoms with Crippen LogP contribution in [0.5, 0.6) is 0 Å². The minimum Gasteiger partial charge on any atom is -0.483 e. The molecule has 0 aliphatic carbocycles. The molecule has 3 N–H and O–H groups in total. The Labute approximate surface area is 192 Å². The molecule has 2 heterocycles. The van der Waals surface area contributed by atoms with Gasteiger partial charge >= 0.3 is 0 Å². The number of anilines is 1. The molecule has 1 aromatic heterocycles. The standard InChI is InChI=1S/C21H26N4O2.2CH2O2/c1-24(2)20(27)21(23-17-8-4-3-5-9-17)11-14-25(15-12-21)19(26)16-18-10-6-7-13-22-18;2*2-1-3/h3-10,13,23H,11-12,14-16H2,1-2H3;2*1H,(H,2,3). The number of hydrogen-bond acceptors (Lipinski definition) is 6. The van der Waals surface area contributed by atoms with Crippen LogP contribution in [0.25, 0.3) is 0 Å². The zero-order valence-electron chi connectivity index (χ0n) is 18.8. The number of rotatable bonds is 5. The Morgan fingerprint density at radius 1 is 1.03 bits per heavy atom. The summed E-state index contributed by atoms with van der Waals surface area (Å²) in [6, 6.07) is 15.3. The van der Waals surface area contributed by atoms with E-state index < -0.39 is 5.54 Å². The molecule has 10 nitrogen and oxygen atoms in total. The molecule has 178 valence electrons. The van der Waals surface area contributed by atoms with Gasteiger partial charge in [-0.05, 0) is 37.1 Å². The van der Waals surface area contributed by atoms with Crippen LogP contribution in [-0.4, -0.2) is 82.5 Å². The number of nitrogens with zero attached hydrogens (tertiary/aromatic N) is 3. The molecule has 2 aromatic rings. The molecule has 0 atom stereocenters. The van der Waals surface area contributed by atoms with Crippen molar-refractivity contribution < 1.29 is 29.4 Å². The quantitative estimate of drug-likeness (QED) is 0.574. The van der Waals surface area contributed by atoms with Crippen LogP contribution in [0.4, 0.5) is 5.69 Å².